The molecule has 78 valence electrons. The number of nitrogen functional groups attached to an aromatic ring is 1. The Bertz CT molecular complexity index is 339. The van der Waals surface area contributed by atoms with E-state index in [1.54, 1.807) is 0 Å². The Hall–Kier alpha value is -1.47. The van der Waals surface area contributed by atoms with Crippen LogP contribution in [0.2, 0.25) is 0 Å². The third-order valence-electron chi connectivity index (χ3n) is 2.15. The molecular formula is C6H8F3N5. The van der Waals surface area contributed by atoms with Crippen LogP contribution in [0.15, 0.2) is 0 Å². The smallest absolute Gasteiger partial charge is 0.368 e. The second-order valence-corrected chi connectivity index (χ2v) is 3.25. The largest absolute Gasteiger partial charge is 0.411 e. The van der Waals surface area contributed by atoms with Crippen LogP contribution in [0.1, 0.15) is 12.8 Å². The van der Waals surface area contributed by atoms with Crippen LogP contribution in [0.4, 0.5) is 25.1 Å². The normalized spacial score (nSPS) is 19.4. The minimum Gasteiger partial charge on any atom is -0.368 e. The van der Waals surface area contributed by atoms with Crippen LogP contribution in [-0.2, 0) is 0 Å². The molecule has 14 heavy (non-hydrogen) atoms. The number of aromatic amines is 1. The molecule has 0 spiro atoms. The first-order chi connectivity index (χ1) is 6.43. The van der Waals surface area contributed by atoms with Crippen molar-refractivity contribution >= 4 is 11.9 Å². The van der Waals surface area contributed by atoms with Gasteiger partial charge in [-0.25, -0.2) is 5.10 Å². The molecule has 1 aromatic rings. The molecule has 1 saturated carbocycles. The number of nitrogens with zero attached hydrogens (tertiary/aromatic N) is 2. The third kappa shape index (κ3) is 1.36. The van der Waals surface area contributed by atoms with Crippen LogP contribution < -0.4 is 11.1 Å². The van der Waals surface area contributed by atoms with Gasteiger partial charge in [-0.15, -0.1) is 5.10 Å². The van der Waals surface area contributed by atoms with Crippen molar-refractivity contribution in [1.82, 2.24) is 15.2 Å². The summed E-state index contributed by atoms with van der Waals surface area (Å²) in [5, 5.41) is 7.97. The van der Waals surface area contributed by atoms with E-state index in [9.17, 15) is 13.2 Å². The first kappa shape index (κ1) is 9.10. The van der Waals surface area contributed by atoms with Gasteiger partial charge < -0.3 is 11.1 Å². The average Bonchev–Trinajstić information content (AvgIpc) is 2.71. The molecule has 4 N–H and O–H groups in total. The minimum atomic E-state index is -4.28. The molecule has 0 aliphatic heterocycles. The van der Waals surface area contributed by atoms with E-state index in [2.05, 4.69) is 20.5 Å². The minimum absolute atomic E-state index is 0.00882. The van der Waals surface area contributed by atoms with Crippen molar-refractivity contribution in [3.05, 3.63) is 0 Å². The number of nitrogens with two attached hydrogens (primary N) is 1. The summed E-state index contributed by atoms with van der Waals surface area (Å²) < 4.78 is 37.3. The van der Waals surface area contributed by atoms with Crippen LogP contribution in [0, 0.1) is 0 Å². The highest BCUT2D eigenvalue weighted by atomic mass is 19.4. The number of aromatic nitrogens is 3. The maximum absolute atomic E-state index is 12.4. The maximum atomic E-state index is 12.4. The van der Waals surface area contributed by atoms with Crippen LogP contribution in [0.25, 0.3) is 0 Å². The predicted molar refractivity (Wildman–Crippen MR) is 42.4 cm³/mol. The summed E-state index contributed by atoms with van der Waals surface area (Å²) >= 11 is 0. The fraction of sp³-hybridized carbons (Fsp3) is 0.667. The summed E-state index contributed by atoms with van der Waals surface area (Å²) in [7, 11) is 0. The summed E-state index contributed by atoms with van der Waals surface area (Å²) in [5.74, 6) is -0.122. The molecule has 0 atom stereocenters. The Kier molecular flexibility index (Phi) is 1.64. The van der Waals surface area contributed by atoms with Crippen molar-refractivity contribution in [3.63, 3.8) is 0 Å². The third-order valence-corrected chi connectivity index (χ3v) is 2.15. The molecular weight excluding hydrogens is 199 g/mol. The number of H-pyrrole nitrogens is 1. The Morgan fingerprint density at radius 2 is 2.07 bits per heavy atom. The maximum Gasteiger partial charge on any atom is 0.411 e. The fourth-order valence-corrected chi connectivity index (χ4v) is 1.15. The first-order valence-corrected chi connectivity index (χ1v) is 3.96. The number of anilines is 2. The van der Waals surface area contributed by atoms with Crippen LogP contribution >= 0.6 is 0 Å². The standard InChI is InChI=1S/C6H8F3N5/c7-6(8,9)5(1-2-5)12-4-11-3(10)13-14-4/h1-2H2,(H4,10,11,12,13,14). The molecule has 1 aromatic heterocycles. The van der Waals surface area contributed by atoms with E-state index in [0.717, 1.165) is 0 Å². The highest BCUT2D eigenvalue weighted by molar-refractivity contribution is 5.37. The van der Waals surface area contributed by atoms with Gasteiger partial charge >= 0.3 is 6.18 Å². The van der Waals surface area contributed by atoms with Crippen molar-refractivity contribution in [1.29, 1.82) is 0 Å². The molecule has 1 fully saturated rings. The zero-order valence-electron chi connectivity index (χ0n) is 7.02. The van der Waals surface area contributed by atoms with Crippen molar-refractivity contribution in [2.75, 3.05) is 11.1 Å². The van der Waals surface area contributed by atoms with Crippen LogP contribution in [-0.4, -0.2) is 26.9 Å². The summed E-state index contributed by atoms with van der Waals surface area (Å²) in [5.41, 5.74) is 3.33. The molecule has 5 nitrogen and oxygen atoms in total. The van der Waals surface area contributed by atoms with Gasteiger partial charge in [0.2, 0.25) is 11.9 Å². The van der Waals surface area contributed by atoms with Crippen LogP contribution in [0.5, 0.6) is 0 Å². The van der Waals surface area contributed by atoms with Crippen molar-refractivity contribution in [2.45, 2.75) is 24.6 Å². The van der Waals surface area contributed by atoms with Gasteiger partial charge in [-0.2, -0.15) is 18.2 Å². The Balaban J connectivity index is 2.12. The Morgan fingerprint density at radius 3 is 2.43 bits per heavy atom. The van der Waals surface area contributed by atoms with E-state index in [-0.39, 0.29) is 24.7 Å². The van der Waals surface area contributed by atoms with E-state index in [0.29, 0.717) is 0 Å². The molecule has 1 aliphatic carbocycles. The number of nitrogens with one attached hydrogen (secondary N) is 2. The molecule has 8 heteroatoms. The average molecular weight is 207 g/mol. The highest BCUT2D eigenvalue weighted by Gasteiger charge is 2.64. The van der Waals surface area contributed by atoms with Crippen LogP contribution in [0.3, 0.4) is 0 Å². The zero-order valence-corrected chi connectivity index (χ0v) is 7.02. The molecule has 0 unspecified atom stereocenters. The predicted octanol–water partition coefficient (Wildman–Crippen LogP) is 0.894. The number of hydrogen-bond donors (Lipinski definition) is 3. The quantitative estimate of drug-likeness (QED) is 0.672. The summed E-state index contributed by atoms with van der Waals surface area (Å²) in [4.78, 5) is 3.55. The molecule has 0 aromatic carbocycles. The lowest BCUT2D eigenvalue weighted by molar-refractivity contribution is -0.151. The van der Waals surface area contributed by atoms with Gasteiger partial charge in [0.25, 0.3) is 0 Å². The second kappa shape index (κ2) is 2.52. The van der Waals surface area contributed by atoms with E-state index in [1.165, 1.54) is 0 Å². The topological polar surface area (TPSA) is 79.6 Å². The van der Waals surface area contributed by atoms with Gasteiger partial charge in [-0.05, 0) is 12.8 Å². The van der Waals surface area contributed by atoms with Gasteiger partial charge in [0.15, 0.2) is 0 Å². The number of rotatable bonds is 2. The van der Waals surface area contributed by atoms with Gasteiger partial charge in [0, 0.05) is 0 Å². The molecule has 0 saturated heterocycles. The molecule has 0 radical (unpaired) electrons. The van der Waals surface area contributed by atoms with E-state index >= 15 is 0 Å². The first-order valence-electron chi connectivity index (χ1n) is 3.96. The lowest BCUT2D eigenvalue weighted by Gasteiger charge is -2.19. The molecule has 1 heterocycles. The lowest BCUT2D eigenvalue weighted by Crippen LogP contribution is -2.39. The molecule has 1 aliphatic rings. The van der Waals surface area contributed by atoms with Gasteiger partial charge in [-0.1, -0.05) is 0 Å². The number of hydrogen-bond acceptors (Lipinski definition) is 4. The van der Waals surface area contributed by atoms with E-state index in [4.69, 9.17) is 5.73 Å². The Labute approximate surface area is 76.9 Å². The van der Waals surface area contributed by atoms with Crippen molar-refractivity contribution < 1.29 is 13.2 Å². The van der Waals surface area contributed by atoms with Gasteiger partial charge in [0.05, 0.1) is 0 Å². The molecule has 0 bridgehead atoms. The number of alkyl halides is 3. The van der Waals surface area contributed by atoms with Crippen molar-refractivity contribution in [3.8, 4) is 0 Å². The van der Waals surface area contributed by atoms with E-state index < -0.39 is 11.7 Å². The molecule has 2 rings (SSSR count). The SMILES string of the molecule is Nc1nc(NC2(C(F)(F)F)CC2)n[nH]1. The Morgan fingerprint density at radius 1 is 1.43 bits per heavy atom. The van der Waals surface area contributed by atoms with E-state index in [1.807, 2.05) is 0 Å². The molecule has 0 amide bonds. The van der Waals surface area contributed by atoms with Gasteiger partial charge in [0.1, 0.15) is 5.54 Å². The fourth-order valence-electron chi connectivity index (χ4n) is 1.15. The highest BCUT2D eigenvalue weighted by Crippen LogP contribution is 2.50. The summed E-state index contributed by atoms with van der Waals surface area (Å²) in [6.45, 7) is 0. The van der Waals surface area contributed by atoms with Crippen molar-refractivity contribution in [2.24, 2.45) is 0 Å². The summed E-state index contributed by atoms with van der Waals surface area (Å²) in [6, 6.07) is 0. The zero-order chi connectivity index (χ0) is 10.4. The second-order valence-electron chi connectivity index (χ2n) is 3.25. The monoisotopic (exact) mass is 207 g/mol. The summed E-state index contributed by atoms with van der Waals surface area (Å²) in [6.07, 6.45) is -4.18. The number of halogens is 3. The lowest BCUT2D eigenvalue weighted by atomic mass is 10.3. The van der Waals surface area contributed by atoms with Gasteiger partial charge in [-0.3, -0.25) is 0 Å².